The van der Waals surface area contributed by atoms with Crippen molar-refractivity contribution in [3.8, 4) is 0 Å². The SMILES string of the molecule is CC(=O)c1c(F)cccc1N1CCN(S(=O)(=O)c2c[nH]c3ncccc23)CC1. The normalized spacial score (nSPS) is 15.9. The standard InChI is InChI=1S/C19H19FN4O3S/c1-13(25)18-15(20)5-2-6-16(18)23-8-10-24(11-9-23)28(26,27)17-12-22-19-14(17)4-3-7-21-19/h2-7,12H,8-11H2,1H3,(H,21,22). The summed E-state index contributed by atoms with van der Waals surface area (Å²) in [6.45, 7) is 2.53. The Morgan fingerprint density at radius 3 is 2.61 bits per heavy atom. The van der Waals surface area contributed by atoms with Crippen molar-refractivity contribution in [2.75, 3.05) is 31.1 Å². The maximum absolute atomic E-state index is 14.1. The number of benzene rings is 1. The molecule has 9 heteroatoms. The van der Waals surface area contributed by atoms with Gasteiger partial charge in [0.25, 0.3) is 0 Å². The first-order chi connectivity index (χ1) is 13.4. The van der Waals surface area contributed by atoms with Crippen molar-refractivity contribution in [2.24, 2.45) is 0 Å². The Morgan fingerprint density at radius 1 is 1.14 bits per heavy atom. The molecule has 0 bridgehead atoms. The molecule has 0 amide bonds. The molecular formula is C19H19FN4O3S. The highest BCUT2D eigenvalue weighted by atomic mass is 32.2. The molecule has 0 aliphatic carbocycles. The smallest absolute Gasteiger partial charge is 0.245 e. The molecule has 0 radical (unpaired) electrons. The number of fused-ring (bicyclic) bond motifs is 1. The van der Waals surface area contributed by atoms with E-state index in [1.54, 1.807) is 30.5 Å². The van der Waals surface area contributed by atoms with Crippen LogP contribution in [0.25, 0.3) is 11.0 Å². The van der Waals surface area contributed by atoms with E-state index in [1.165, 1.54) is 23.5 Å². The van der Waals surface area contributed by atoms with Crippen molar-refractivity contribution in [2.45, 2.75) is 11.8 Å². The van der Waals surface area contributed by atoms with Crippen LogP contribution in [0.4, 0.5) is 10.1 Å². The van der Waals surface area contributed by atoms with E-state index >= 15 is 0 Å². The average molecular weight is 402 g/mol. The van der Waals surface area contributed by atoms with E-state index in [1.807, 2.05) is 4.90 Å². The number of aromatic amines is 1. The van der Waals surface area contributed by atoms with Gasteiger partial charge in [-0.1, -0.05) is 6.07 Å². The van der Waals surface area contributed by atoms with Gasteiger partial charge in [0.1, 0.15) is 16.4 Å². The van der Waals surface area contributed by atoms with Crippen LogP contribution in [-0.4, -0.2) is 54.7 Å². The Labute approximate surface area is 161 Å². The summed E-state index contributed by atoms with van der Waals surface area (Å²) in [5.74, 6) is -0.916. The summed E-state index contributed by atoms with van der Waals surface area (Å²) in [6, 6.07) is 7.91. The molecule has 3 heterocycles. The number of Topliss-reactive ketones (excluding diaryl/α,β-unsaturated/α-hetero) is 1. The lowest BCUT2D eigenvalue weighted by Gasteiger charge is -2.36. The van der Waals surface area contributed by atoms with Gasteiger partial charge in [-0.2, -0.15) is 4.31 Å². The number of piperazine rings is 1. The van der Waals surface area contributed by atoms with Gasteiger partial charge >= 0.3 is 0 Å². The molecule has 1 saturated heterocycles. The molecule has 1 fully saturated rings. The number of ketones is 1. The van der Waals surface area contributed by atoms with Gasteiger partial charge in [0.2, 0.25) is 10.0 Å². The van der Waals surface area contributed by atoms with Crippen LogP contribution in [0.2, 0.25) is 0 Å². The first-order valence-corrected chi connectivity index (χ1v) is 10.3. The zero-order chi connectivity index (χ0) is 19.9. The maximum atomic E-state index is 14.1. The van der Waals surface area contributed by atoms with Crippen molar-refractivity contribution in [1.82, 2.24) is 14.3 Å². The number of anilines is 1. The van der Waals surface area contributed by atoms with Gasteiger partial charge in [0.15, 0.2) is 5.78 Å². The fourth-order valence-corrected chi connectivity index (χ4v) is 5.15. The van der Waals surface area contributed by atoms with Gasteiger partial charge < -0.3 is 9.88 Å². The molecule has 146 valence electrons. The highest BCUT2D eigenvalue weighted by Crippen LogP contribution is 2.28. The van der Waals surface area contributed by atoms with Crippen LogP contribution in [0.3, 0.4) is 0 Å². The van der Waals surface area contributed by atoms with Gasteiger partial charge in [0.05, 0.1) is 11.3 Å². The average Bonchev–Trinajstić information content (AvgIpc) is 3.12. The molecule has 1 aliphatic rings. The zero-order valence-corrected chi connectivity index (χ0v) is 16.0. The molecule has 0 unspecified atom stereocenters. The lowest BCUT2D eigenvalue weighted by atomic mass is 10.1. The molecule has 1 aliphatic heterocycles. The second kappa shape index (κ2) is 6.99. The van der Waals surface area contributed by atoms with Gasteiger partial charge in [-0.25, -0.2) is 17.8 Å². The number of pyridine rings is 1. The van der Waals surface area contributed by atoms with Crippen LogP contribution >= 0.6 is 0 Å². The van der Waals surface area contributed by atoms with Crippen LogP contribution in [0.15, 0.2) is 47.6 Å². The minimum atomic E-state index is -3.69. The van der Waals surface area contributed by atoms with Crippen LogP contribution in [0.1, 0.15) is 17.3 Å². The van der Waals surface area contributed by atoms with Crippen LogP contribution < -0.4 is 4.90 Å². The number of hydrogen-bond donors (Lipinski definition) is 1. The summed E-state index contributed by atoms with van der Waals surface area (Å²) in [6.07, 6.45) is 3.05. The van der Waals surface area contributed by atoms with Crippen LogP contribution in [0.5, 0.6) is 0 Å². The van der Waals surface area contributed by atoms with Crippen molar-refractivity contribution in [3.05, 3.63) is 54.1 Å². The first-order valence-electron chi connectivity index (χ1n) is 8.86. The number of carbonyl (C=O) groups excluding carboxylic acids is 1. The van der Waals surface area contributed by atoms with Gasteiger partial charge in [-0.15, -0.1) is 0 Å². The molecule has 0 saturated carbocycles. The third-order valence-corrected chi connectivity index (χ3v) is 6.89. The lowest BCUT2D eigenvalue weighted by Crippen LogP contribution is -2.49. The van der Waals surface area contributed by atoms with Crippen molar-refractivity contribution in [3.63, 3.8) is 0 Å². The Hall–Kier alpha value is -2.78. The minimum Gasteiger partial charge on any atom is -0.368 e. The molecule has 2 aromatic heterocycles. The van der Waals surface area contributed by atoms with Gasteiger partial charge in [0, 0.05) is 44.0 Å². The Balaban J connectivity index is 1.58. The molecule has 28 heavy (non-hydrogen) atoms. The molecule has 7 nitrogen and oxygen atoms in total. The Bertz CT molecular complexity index is 1150. The van der Waals surface area contributed by atoms with E-state index < -0.39 is 15.8 Å². The van der Waals surface area contributed by atoms with E-state index in [9.17, 15) is 17.6 Å². The Kier molecular flexibility index (Phi) is 4.64. The molecule has 0 atom stereocenters. The summed E-state index contributed by atoms with van der Waals surface area (Å²) in [5, 5.41) is 0.550. The molecule has 1 aromatic carbocycles. The predicted molar refractivity (Wildman–Crippen MR) is 103 cm³/mol. The number of H-pyrrole nitrogens is 1. The van der Waals surface area contributed by atoms with Gasteiger partial charge in [-0.05, 0) is 31.2 Å². The number of nitrogens with zero attached hydrogens (tertiary/aromatic N) is 3. The van der Waals surface area contributed by atoms with Crippen LogP contribution in [-0.2, 0) is 10.0 Å². The topological polar surface area (TPSA) is 86.4 Å². The second-order valence-electron chi connectivity index (χ2n) is 6.63. The summed E-state index contributed by atoms with van der Waals surface area (Å²) in [7, 11) is -3.69. The van der Waals surface area contributed by atoms with Crippen molar-refractivity contribution in [1.29, 1.82) is 0 Å². The number of hydrogen-bond acceptors (Lipinski definition) is 5. The predicted octanol–water partition coefficient (Wildman–Crippen LogP) is 2.42. The highest BCUT2D eigenvalue weighted by Gasteiger charge is 2.31. The van der Waals surface area contributed by atoms with Crippen LogP contribution in [0, 0.1) is 5.82 Å². The van der Waals surface area contributed by atoms with Gasteiger partial charge in [-0.3, -0.25) is 4.79 Å². The number of sulfonamides is 1. The quantitative estimate of drug-likeness (QED) is 0.678. The summed E-state index contributed by atoms with van der Waals surface area (Å²) < 4.78 is 41.7. The number of aromatic nitrogens is 2. The summed E-state index contributed by atoms with van der Waals surface area (Å²) in [4.78, 5) is 20.9. The molecule has 4 rings (SSSR count). The summed E-state index contributed by atoms with van der Waals surface area (Å²) in [5.41, 5.74) is 1.06. The third-order valence-electron chi connectivity index (χ3n) is 4.95. The van der Waals surface area contributed by atoms with E-state index in [0.717, 1.165) is 0 Å². The second-order valence-corrected chi connectivity index (χ2v) is 8.54. The third kappa shape index (κ3) is 3.06. The first kappa shape index (κ1) is 18.6. The number of carbonyl (C=O) groups is 1. The zero-order valence-electron chi connectivity index (χ0n) is 15.2. The minimum absolute atomic E-state index is 0.0431. The monoisotopic (exact) mass is 402 g/mol. The van der Waals surface area contributed by atoms with Crippen molar-refractivity contribution >= 4 is 32.5 Å². The number of rotatable bonds is 4. The lowest BCUT2D eigenvalue weighted by molar-refractivity contribution is 0.101. The largest absolute Gasteiger partial charge is 0.368 e. The molecular weight excluding hydrogens is 383 g/mol. The Morgan fingerprint density at radius 2 is 1.89 bits per heavy atom. The number of nitrogens with one attached hydrogen (secondary N) is 1. The maximum Gasteiger partial charge on any atom is 0.245 e. The van der Waals surface area contributed by atoms with E-state index in [0.29, 0.717) is 29.8 Å². The fraction of sp³-hybridized carbons (Fsp3) is 0.263. The number of halogens is 1. The van der Waals surface area contributed by atoms with E-state index in [-0.39, 0.29) is 29.3 Å². The molecule has 0 spiro atoms. The van der Waals surface area contributed by atoms with E-state index in [4.69, 9.17) is 0 Å². The summed E-state index contributed by atoms with van der Waals surface area (Å²) >= 11 is 0. The van der Waals surface area contributed by atoms with Crippen molar-refractivity contribution < 1.29 is 17.6 Å². The fourth-order valence-electron chi connectivity index (χ4n) is 3.58. The van der Waals surface area contributed by atoms with E-state index in [2.05, 4.69) is 9.97 Å². The molecule has 1 N–H and O–H groups in total. The molecule has 3 aromatic rings. The highest BCUT2D eigenvalue weighted by molar-refractivity contribution is 7.89.